The van der Waals surface area contributed by atoms with Crippen molar-refractivity contribution in [2.75, 3.05) is 45.1 Å². The Labute approximate surface area is 123 Å². The molecule has 3 rings (SSSR count). The minimum Gasteiger partial charge on any atom is -0.466 e. The lowest BCUT2D eigenvalue weighted by Gasteiger charge is -2.36. The van der Waals surface area contributed by atoms with Crippen LogP contribution in [0.25, 0.3) is 0 Å². The number of rotatable bonds is 4. The van der Waals surface area contributed by atoms with E-state index in [4.69, 9.17) is 9.15 Å². The summed E-state index contributed by atoms with van der Waals surface area (Å²) in [5, 5.41) is 0.0345. The van der Waals surface area contributed by atoms with Crippen molar-refractivity contribution in [2.24, 2.45) is 0 Å². The highest BCUT2D eigenvalue weighted by Gasteiger charge is 2.31. The number of hydrogen-bond acceptors (Lipinski definition) is 5. The van der Waals surface area contributed by atoms with Crippen molar-refractivity contribution in [1.82, 2.24) is 9.80 Å². The standard InChI is InChI=1S/C14H20N2O3S/c17-13-3-11-20-14(12-2-1-8-19-12)16(13)5-4-15-6-9-18-10-7-15/h1-2,8,14H,3-7,9-11H2. The smallest absolute Gasteiger partial charge is 0.224 e. The second-order valence-electron chi connectivity index (χ2n) is 5.03. The van der Waals surface area contributed by atoms with E-state index in [0.717, 1.165) is 50.9 Å². The third-order valence-corrected chi connectivity index (χ3v) is 4.98. The molecule has 5 nitrogen and oxygen atoms in total. The van der Waals surface area contributed by atoms with Crippen LogP contribution in [0.2, 0.25) is 0 Å². The highest BCUT2D eigenvalue weighted by molar-refractivity contribution is 7.99. The first-order chi connectivity index (χ1) is 9.84. The molecule has 0 aromatic carbocycles. The van der Waals surface area contributed by atoms with E-state index in [2.05, 4.69) is 4.90 Å². The van der Waals surface area contributed by atoms with Crippen LogP contribution in [0.5, 0.6) is 0 Å². The van der Waals surface area contributed by atoms with E-state index in [-0.39, 0.29) is 11.3 Å². The Kier molecular flexibility index (Phi) is 4.65. The van der Waals surface area contributed by atoms with Crippen LogP contribution in [0.15, 0.2) is 22.8 Å². The summed E-state index contributed by atoms with van der Waals surface area (Å²) in [5.41, 5.74) is 0. The third kappa shape index (κ3) is 3.19. The van der Waals surface area contributed by atoms with Crippen LogP contribution in [0.4, 0.5) is 0 Å². The molecule has 2 fully saturated rings. The number of nitrogens with zero attached hydrogens (tertiary/aromatic N) is 2. The number of morpholine rings is 1. The molecule has 0 saturated carbocycles. The monoisotopic (exact) mass is 296 g/mol. The van der Waals surface area contributed by atoms with Crippen LogP contribution in [-0.2, 0) is 9.53 Å². The maximum atomic E-state index is 12.2. The molecule has 2 aliphatic heterocycles. The molecule has 2 saturated heterocycles. The predicted octanol–water partition coefficient (Wildman–Crippen LogP) is 1.58. The van der Waals surface area contributed by atoms with Crippen molar-refractivity contribution in [3.05, 3.63) is 24.2 Å². The molecule has 20 heavy (non-hydrogen) atoms. The van der Waals surface area contributed by atoms with Gasteiger partial charge >= 0.3 is 0 Å². The summed E-state index contributed by atoms with van der Waals surface area (Å²) in [6, 6.07) is 3.84. The first-order valence-corrected chi connectivity index (χ1v) is 8.14. The largest absolute Gasteiger partial charge is 0.466 e. The quantitative estimate of drug-likeness (QED) is 0.844. The predicted molar refractivity (Wildman–Crippen MR) is 77.5 cm³/mol. The maximum Gasteiger partial charge on any atom is 0.224 e. The van der Waals surface area contributed by atoms with E-state index < -0.39 is 0 Å². The molecule has 0 radical (unpaired) electrons. The normalized spacial score (nSPS) is 25.1. The number of amides is 1. The first kappa shape index (κ1) is 14.0. The summed E-state index contributed by atoms with van der Waals surface area (Å²) in [7, 11) is 0. The molecule has 0 N–H and O–H groups in total. The average Bonchev–Trinajstić information content (AvgIpc) is 3.01. The molecule has 0 spiro atoms. The van der Waals surface area contributed by atoms with Crippen molar-refractivity contribution in [3.63, 3.8) is 0 Å². The van der Waals surface area contributed by atoms with E-state index in [9.17, 15) is 4.79 Å². The van der Waals surface area contributed by atoms with Crippen molar-refractivity contribution >= 4 is 17.7 Å². The summed E-state index contributed by atoms with van der Waals surface area (Å²) >= 11 is 1.79. The van der Waals surface area contributed by atoms with E-state index in [1.54, 1.807) is 18.0 Å². The van der Waals surface area contributed by atoms with Gasteiger partial charge in [0, 0.05) is 38.4 Å². The minimum absolute atomic E-state index is 0.0345. The zero-order chi connectivity index (χ0) is 13.8. The van der Waals surface area contributed by atoms with Gasteiger partial charge in [0.05, 0.1) is 19.5 Å². The summed E-state index contributed by atoms with van der Waals surface area (Å²) < 4.78 is 10.8. The molecule has 1 amide bonds. The lowest BCUT2D eigenvalue weighted by Crippen LogP contribution is -2.45. The van der Waals surface area contributed by atoms with Gasteiger partial charge in [0.15, 0.2) is 0 Å². The number of carbonyl (C=O) groups is 1. The maximum absolute atomic E-state index is 12.2. The molecule has 1 aromatic rings. The topological polar surface area (TPSA) is 45.9 Å². The van der Waals surface area contributed by atoms with Crippen molar-refractivity contribution < 1.29 is 13.9 Å². The van der Waals surface area contributed by atoms with Crippen LogP contribution in [-0.4, -0.2) is 60.9 Å². The fourth-order valence-corrected chi connectivity index (χ4v) is 3.82. The van der Waals surface area contributed by atoms with Gasteiger partial charge in [-0.2, -0.15) is 0 Å². The zero-order valence-electron chi connectivity index (χ0n) is 11.5. The summed E-state index contributed by atoms with van der Waals surface area (Å²) in [6.07, 6.45) is 2.31. The van der Waals surface area contributed by atoms with Gasteiger partial charge in [0.1, 0.15) is 11.1 Å². The van der Waals surface area contributed by atoms with E-state index >= 15 is 0 Å². The lowest BCUT2D eigenvalue weighted by molar-refractivity contribution is -0.132. The summed E-state index contributed by atoms with van der Waals surface area (Å²) in [6.45, 7) is 5.18. The summed E-state index contributed by atoms with van der Waals surface area (Å²) in [4.78, 5) is 16.5. The van der Waals surface area contributed by atoms with Gasteiger partial charge in [-0.3, -0.25) is 9.69 Å². The second kappa shape index (κ2) is 6.65. The zero-order valence-corrected chi connectivity index (χ0v) is 12.3. The first-order valence-electron chi connectivity index (χ1n) is 7.09. The van der Waals surface area contributed by atoms with Crippen molar-refractivity contribution in [2.45, 2.75) is 11.8 Å². The third-order valence-electron chi connectivity index (χ3n) is 3.74. The van der Waals surface area contributed by atoms with Gasteiger partial charge in [-0.25, -0.2) is 0 Å². The Morgan fingerprint density at radius 1 is 1.30 bits per heavy atom. The van der Waals surface area contributed by atoms with Gasteiger partial charge in [-0.1, -0.05) is 0 Å². The molecule has 1 unspecified atom stereocenters. The van der Waals surface area contributed by atoms with Gasteiger partial charge in [-0.05, 0) is 12.1 Å². The van der Waals surface area contributed by atoms with Crippen LogP contribution < -0.4 is 0 Å². The highest BCUT2D eigenvalue weighted by atomic mass is 32.2. The minimum atomic E-state index is 0.0345. The van der Waals surface area contributed by atoms with Gasteiger partial charge < -0.3 is 14.1 Å². The Morgan fingerprint density at radius 3 is 2.90 bits per heavy atom. The Bertz CT molecular complexity index is 432. The van der Waals surface area contributed by atoms with E-state index in [1.165, 1.54) is 0 Å². The Morgan fingerprint density at radius 2 is 2.15 bits per heavy atom. The summed E-state index contributed by atoms with van der Waals surface area (Å²) in [5.74, 6) is 1.99. The molecule has 0 bridgehead atoms. The van der Waals surface area contributed by atoms with E-state index in [0.29, 0.717) is 6.42 Å². The Hall–Kier alpha value is -0.980. The molecule has 0 aliphatic carbocycles. The molecule has 1 atom stereocenters. The average molecular weight is 296 g/mol. The molecular weight excluding hydrogens is 276 g/mol. The van der Waals surface area contributed by atoms with Crippen molar-refractivity contribution in [3.8, 4) is 0 Å². The van der Waals surface area contributed by atoms with Crippen molar-refractivity contribution in [1.29, 1.82) is 0 Å². The molecule has 3 heterocycles. The molecule has 6 heteroatoms. The molecular formula is C14H20N2O3S. The van der Waals surface area contributed by atoms with Crippen LogP contribution in [0.3, 0.4) is 0 Å². The van der Waals surface area contributed by atoms with Crippen LogP contribution >= 0.6 is 11.8 Å². The Balaban J connectivity index is 1.62. The lowest BCUT2D eigenvalue weighted by atomic mass is 10.3. The number of ether oxygens (including phenoxy) is 1. The van der Waals surface area contributed by atoms with Gasteiger partial charge in [-0.15, -0.1) is 11.8 Å². The number of carbonyl (C=O) groups excluding carboxylic acids is 1. The number of furan rings is 1. The fraction of sp³-hybridized carbons (Fsp3) is 0.643. The highest BCUT2D eigenvalue weighted by Crippen LogP contribution is 2.37. The molecule has 1 aromatic heterocycles. The fourth-order valence-electron chi connectivity index (χ4n) is 2.61. The van der Waals surface area contributed by atoms with Gasteiger partial charge in [0.2, 0.25) is 5.91 Å². The number of thioether (sulfide) groups is 1. The molecule has 2 aliphatic rings. The molecule has 110 valence electrons. The van der Waals surface area contributed by atoms with Gasteiger partial charge in [0.25, 0.3) is 0 Å². The SMILES string of the molecule is O=C1CCSC(c2ccco2)N1CCN1CCOCC1. The number of hydrogen-bond donors (Lipinski definition) is 0. The van der Waals surface area contributed by atoms with E-state index in [1.807, 2.05) is 17.0 Å². The van der Waals surface area contributed by atoms with Crippen LogP contribution in [0.1, 0.15) is 17.6 Å². The second-order valence-corrected chi connectivity index (χ2v) is 6.22. The van der Waals surface area contributed by atoms with Crippen LogP contribution in [0, 0.1) is 0 Å².